The Kier molecular flexibility index (Phi) is 2.76. The molecule has 0 saturated carbocycles. The standard InChI is InChI=1S/C15H18N2/c16-10-12-7-8-17(11-12)15-6-5-13-3-1-2-4-14(13)9-15/h5-6,9,12H,1-4,7-8,11H2. The van der Waals surface area contributed by atoms with Crippen molar-refractivity contribution >= 4 is 5.69 Å². The second-order valence-electron chi connectivity index (χ2n) is 5.22. The first-order valence-corrected chi connectivity index (χ1v) is 6.63. The van der Waals surface area contributed by atoms with Crippen LogP contribution >= 0.6 is 0 Å². The van der Waals surface area contributed by atoms with Crippen LogP contribution in [0.1, 0.15) is 30.4 Å². The SMILES string of the molecule is N#CC1CCN(c2ccc3c(c2)CCCC3)C1. The third-order valence-electron chi connectivity index (χ3n) is 4.07. The zero-order valence-corrected chi connectivity index (χ0v) is 10.2. The Morgan fingerprint density at radius 2 is 2.00 bits per heavy atom. The molecule has 1 heterocycles. The zero-order valence-electron chi connectivity index (χ0n) is 10.2. The molecule has 2 aliphatic rings. The fourth-order valence-corrected chi connectivity index (χ4v) is 3.02. The van der Waals surface area contributed by atoms with E-state index < -0.39 is 0 Å². The van der Waals surface area contributed by atoms with Gasteiger partial charge in [0, 0.05) is 18.8 Å². The van der Waals surface area contributed by atoms with Crippen molar-refractivity contribution in [1.29, 1.82) is 5.26 Å². The van der Waals surface area contributed by atoms with E-state index in [-0.39, 0.29) is 5.92 Å². The molecular weight excluding hydrogens is 208 g/mol. The second-order valence-corrected chi connectivity index (χ2v) is 5.22. The molecule has 1 fully saturated rings. The van der Waals surface area contributed by atoms with Crippen molar-refractivity contribution in [3.8, 4) is 6.07 Å². The van der Waals surface area contributed by atoms with Crippen molar-refractivity contribution in [3.63, 3.8) is 0 Å². The number of hydrogen-bond acceptors (Lipinski definition) is 2. The molecule has 17 heavy (non-hydrogen) atoms. The minimum absolute atomic E-state index is 0.228. The first-order chi connectivity index (χ1) is 8.36. The fraction of sp³-hybridized carbons (Fsp3) is 0.533. The highest BCUT2D eigenvalue weighted by Gasteiger charge is 2.22. The molecule has 0 radical (unpaired) electrons. The highest BCUT2D eigenvalue weighted by molar-refractivity contribution is 5.52. The van der Waals surface area contributed by atoms with E-state index >= 15 is 0 Å². The van der Waals surface area contributed by atoms with Gasteiger partial charge in [0.15, 0.2) is 0 Å². The number of rotatable bonds is 1. The maximum absolute atomic E-state index is 8.95. The van der Waals surface area contributed by atoms with Gasteiger partial charge in [0.1, 0.15) is 0 Å². The number of anilines is 1. The average molecular weight is 226 g/mol. The van der Waals surface area contributed by atoms with Crippen molar-refractivity contribution in [3.05, 3.63) is 29.3 Å². The van der Waals surface area contributed by atoms with Crippen LogP contribution in [0.15, 0.2) is 18.2 Å². The third-order valence-corrected chi connectivity index (χ3v) is 4.07. The lowest BCUT2D eigenvalue weighted by Crippen LogP contribution is -2.19. The summed E-state index contributed by atoms with van der Waals surface area (Å²) in [6.45, 7) is 1.95. The Morgan fingerprint density at radius 1 is 1.18 bits per heavy atom. The first kappa shape index (κ1) is 10.7. The molecular formula is C15H18N2. The summed E-state index contributed by atoms with van der Waals surface area (Å²) in [5.74, 6) is 0.228. The molecule has 1 saturated heterocycles. The van der Waals surface area contributed by atoms with Crippen LogP contribution < -0.4 is 4.90 Å². The Bertz CT molecular complexity index is 458. The van der Waals surface area contributed by atoms with Crippen molar-refractivity contribution in [2.75, 3.05) is 18.0 Å². The lowest BCUT2D eigenvalue weighted by atomic mass is 9.91. The summed E-state index contributed by atoms with van der Waals surface area (Å²) in [7, 11) is 0. The highest BCUT2D eigenvalue weighted by Crippen LogP contribution is 2.29. The van der Waals surface area contributed by atoms with Gasteiger partial charge >= 0.3 is 0 Å². The Labute approximate surface area is 103 Å². The van der Waals surface area contributed by atoms with Gasteiger partial charge in [0.2, 0.25) is 0 Å². The van der Waals surface area contributed by atoms with Gasteiger partial charge in [-0.2, -0.15) is 5.26 Å². The molecule has 2 nitrogen and oxygen atoms in total. The van der Waals surface area contributed by atoms with Gasteiger partial charge < -0.3 is 4.90 Å². The van der Waals surface area contributed by atoms with E-state index in [4.69, 9.17) is 5.26 Å². The van der Waals surface area contributed by atoms with E-state index in [1.165, 1.54) is 42.5 Å². The summed E-state index contributed by atoms with van der Waals surface area (Å²) in [5, 5.41) is 8.95. The molecule has 1 aliphatic heterocycles. The summed E-state index contributed by atoms with van der Waals surface area (Å²) in [4.78, 5) is 2.36. The molecule has 0 aromatic heterocycles. The van der Waals surface area contributed by atoms with Gasteiger partial charge in [-0.05, 0) is 55.4 Å². The van der Waals surface area contributed by atoms with Gasteiger partial charge in [0.05, 0.1) is 12.0 Å². The van der Waals surface area contributed by atoms with Crippen LogP contribution in [0.25, 0.3) is 0 Å². The van der Waals surface area contributed by atoms with Crippen molar-refractivity contribution in [2.24, 2.45) is 5.92 Å². The lowest BCUT2D eigenvalue weighted by molar-refractivity contribution is 0.685. The van der Waals surface area contributed by atoms with Crippen LogP contribution in [0.2, 0.25) is 0 Å². The zero-order chi connectivity index (χ0) is 11.7. The topological polar surface area (TPSA) is 27.0 Å². The number of nitriles is 1. The fourth-order valence-electron chi connectivity index (χ4n) is 3.02. The minimum Gasteiger partial charge on any atom is -0.370 e. The molecule has 88 valence electrons. The van der Waals surface area contributed by atoms with Crippen LogP contribution in [0, 0.1) is 17.2 Å². The lowest BCUT2D eigenvalue weighted by Gasteiger charge is -2.22. The minimum atomic E-state index is 0.228. The number of hydrogen-bond donors (Lipinski definition) is 0. The van der Waals surface area contributed by atoms with Crippen LogP contribution in [0.5, 0.6) is 0 Å². The van der Waals surface area contributed by atoms with E-state index in [0.29, 0.717) is 0 Å². The smallest absolute Gasteiger partial charge is 0.0675 e. The molecule has 1 aromatic carbocycles. The molecule has 2 heteroatoms. The maximum Gasteiger partial charge on any atom is 0.0675 e. The first-order valence-electron chi connectivity index (χ1n) is 6.63. The Hall–Kier alpha value is -1.49. The Morgan fingerprint density at radius 3 is 2.76 bits per heavy atom. The van der Waals surface area contributed by atoms with Crippen LogP contribution in [-0.2, 0) is 12.8 Å². The molecule has 1 unspecified atom stereocenters. The van der Waals surface area contributed by atoms with Crippen molar-refractivity contribution < 1.29 is 0 Å². The summed E-state index contributed by atoms with van der Waals surface area (Å²) in [5.41, 5.74) is 4.40. The van der Waals surface area contributed by atoms with Crippen LogP contribution in [0.4, 0.5) is 5.69 Å². The number of fused-ring (bicyclic) bond motifs is 1. The largest absolute Gasteiger partial charge is 0.370 e. The van der Waals surface area contributed by atoms with Gasteiger partial charge in [0.25, 0.3) is 0 Å². The summed E-state index contributed by atoms with van der Waals surface area (Å²) >= 11 is 0. The van der Waals surface area contributed by atoms with E-state index in [1.54, 1.807) is 0 Å². The predicted molar refractivity (Wildman–Crippen MR) is 69.0 cm³/mol. The molecule has 1 aliphatic carbocycles. The molecule has 0 amide bonds. The van der Waals surface area contributed by atoms with Crippen molar-refractivity contribution in [2.45, 2.75) is 32.1 Å². The number of aryl methyl sites for hydroxylation is 2. The summed E-state index contributed by atoms with van der Waals surface area (Å²) in [6, 6.07) is 9.27. The molecule has 1 atom stereocenters. The van der Waals surface area contributed by atoms with E-state index in [0.717, 1.165) is 19.5 Å². The summed E-state index contributed by atoms with van der Waals surface area (Å²) in [6.07, 6.45) is 6.17. The van der Waals surface area contributed by atoms with Crippen molar-refractivity contribution in [1.82, 2.24) is 0 Å². The van der Waals surface area contributed by atoms with E-state index in [1.807, 2.05) is 0 Å². The second kappa shape index (κ2) is 4.41. The third kappa shape index (κ3) is 2.02. The molecule has 0 N–H and O–H groups in total. The maximum atomic E-state index is 8.95. The molecule has 1 aromatic rings. The van der Waals surface area contributed by atoms with Gasteiger partial charge in [-0.15, -0.1) is 0 Å². The molecule has 3 rings (SSSR count). The molecule has 0 spiro atoms. The van der Waals surface area contributed by atoms with Gasteiger partial charge in [-0.25, -0.2) is 0 Å². The average Bonchev–Trinajstić information content (AvgIpc) is 2.87. The normalized spacial score (nSPS) is 23.2. The quantitative estimate of drug-likeness (QED) is 0.736. The monoisotopic (exact) mass is 226 g/mol. The van der Waals surface area contributed by atoms with E-state index in [2.05, 4.69) is 29.2 Å². The number of benzene rings is 1. The molecule has 0 bridgehead atoms. The predicted octanol–water partition coefficient (Wildman–Crippen LogP) is 2.92. The van der Waals surface area contributed by atoms with E-state index in [9.17, 15) is 0 Å². The van der Waals surface area contributed by atoms with Crippen LogP contribution in [0.3, 0.4) is 0 Å². The van der Waals surface area contributed by atoms with Crippen LogP contribution in [-0.4, -0.2) is 13.1 Å². The van der Waals surface area contributed by atoms with Gasteiger partial charge in [-0.1, -0.05) is 6.07 Å². The number of nitrogens with zero attached hydrogens (tertiary/aromatic N) is 2. The summed E-state index contributed by atoms with van der Waals surface area (Å²) < 4.78 is 0. The highest BCUT2D eigenvalue weighted by atomic mass is 15.1. The van der Waals surface area contributed by atoms with Gasteiger partial charge in [-0.3, -0.25) is 0 Å². The Balaban J connectivity index is 1.82.